The van der Waals surface area contributed by atoms with E-state index in [2.05, 4.69) is 0 Å². The molecular formula is C17H15Cl2NO4. The zero-order valence-electron chi connectivity index (χ0n) is 13.1. The molecule has 0 fully saturated rings. The average molecular weight is 368 g/mol. The molecular weight excluding hydrogens is 353 g/mol. The molecule has 0 N–H and O–H groups in total. The zero-order valence-corrected chi connectivity index (χ0v) is 14.6. The van der Waals surface area contributed by atoms with Crippen LogP contribution in [-0.2, 0) is 11.3 Å². The van der Waals surface area contributed by atoms with E-state index in [0.29, 0.717) is 23.4 Å². The lowest BCUT2D eigenvalue weighted by molar-refractivity contribution is 0.0524. The van der Waals surface area contributed by atoms with Gasteiger partial charge in [0.15, 0.2) is 11.7 Å². The standard InChI is InChI=1S/C17H15Cl2NO4/c1-3-20-11(9-21)8-14(22)15(17(23)24-4-2)16(20)10-5-6-12(18)13(19)7-10/h5-9H,3-4H2,1-2H3. The number of carbonyl (C=O) groups excluding carboxylic acids is 2. The lowest BCUT2D eigenvalue weighted by Gasteiger charge is -2.18. The minimum absolute atomic E-state index is 0.126. The molecule has 0 atom stereocenters. The van der Waals surface area contributed by atoms with Crippen molar-refractivity contribution in [3.05, 3.63) is 55.8 Å². The fourth-order valence-corrected chi connectivity index (χ4v) is 2.75. The fraction of sp³-hybridized carbons (Fsp3) is 0.235. The maximum atomic E-state index is 12.4. The summed E-state index contributed by atoms with van der Waals surface area (Å²) >= 11 is 12.0. The smallest absolute Gasteiger partial charge is 0.344 e. The number of rotatable bonds is 5. The van der Waals surface area contributed by atoms with Crippen LogP contribution in [0.2, 0.25) is 10.0 Å². The van der Waals surface area contributed by atoms with Crippen LogP contribution < -0.4 is 5.43 Å². The Kier molecular flexibility index (Phi) is 5.80. The molecule has 0 spiro atoms. The van der Waals surface area contributed by atoms with Crippen LogP contribution in [0.3, 0.4) is 0 Å². The summed E-state index contributed by atoms with van der Waals surface area (Å²) in [7, 11) is 0. The van der Waals surface area contributed by atoms with Crippen LogP contribution in [0.1, 0.15) is 34.7 Å². The van der Waals surface area contributed by atoms with Gasteiger partial charge in [-0.15, -0.1) is 0 Å². The lowest BCUT2D eigenvalue weighted by atomic mass is 10.0. The number of aldehydes is 1. The molecule has 0 aliphatic carbocycles. The van der Waals surface area contributed by atoms with E-state index in [1.54, 1.807) is 36.6 Å². The van der Waals surface area contributed by atoms with Gasteiger partial charge >= 0.3 is 5.97 Å². The Labute approximate surface area is 148 Å². The molecule has 126 valence electrons. The molecule has 0 amide bonds. The highest BCUT2D eigenvalue weighted by Crippen LogP contribution is 2.30. The Morgan fingerprint density at radius 3 is 2.46 bits per heavy atom. The molecule has 5 nitrogen and oxygen atoms in total. The van der Waals surface area contributed by atoms with E-state index >= 15 is 0 Å². The molecule has 2 aromatic rings. The number of benzene rings is 1. The van der Waals surface area contributed by atoms with Crippen molar-refractivity contribution in [3.8, 4) is 11.3 Å². The van der Waals surface area contributed by atoms with E-state index in [9.17, 15) is 14.4 Å². The van der Waals surface area contributed by atoms with Gasteiger partial charge in [0.1, 0.15) is 5.56 Å². The number of carbonyl (C=O) groups is 2. The highest BCUT2D eigenvalue weighted by molar-refractivity contribution is 6.42. The Balaban J connectivity index is 2.89. The maximum absolute atomic E-state index is 12.4. The summed E-state index contributed by atoms with van der Waals surface area (Å²) in [6.45, 7) is 3.94. The van der Waals surface area contributed by atoms with Crippen molar-refractivity contribution in [3.63, 3.8) is 0 Å². The molecule has 0 aliphatic heterocycles. The molecule has 0 saturated heterocycles. The summed E-state index contributed by atoms with van der Waals surface area (Å²) in [5, 5.41) is 0.616. The van der Waals surface area contributed by atoms with Gasteiger partial charge in [-0.25, -0.2) is 4.79 Å². The van der Waals surface area contributed by atoms with Gasteiger partial charge in [-0.1, -0.05) is 29.3 Å². The first kappa shape index (κ1) is 18.2. The van der Waals surface area contributed by atoms with Crippen LogP contribution in [0.5, 0.6) is 0 Å². The molecule has 0 aliphatic rings. The third-order valence-electron chi connectivity index (χ3n) is 3.45. The van der Waals surface area contributed by atoms with Crippen LogP contribution in [-0.4, -0.2) is 23.4 Å². The number of ether oxygens (including phenoxy) is 1. The molecule has 0 unspecified atom stereocenters. The first-order chi connectivity index (χ1) is 11.4. The first-order valence-corrected chi connectivity index (χ1v) is 8.05. The summed E-state index contributed by atoms with van der Waals surface area (Å²) in [6, 6.07) is 5.87. The SMILES string of the molecule is CCOC(=O)c1c(-c2ccc(Cl)c(Cl)c2)n(CC)c(C=O)cc1=O. The van der Waals surface area contributed by atoms with Crippen molar-refractivity contribution >= 4 is 35.5 Å². The van der Waals surface area contributed by atoms with E-state index < -0.39 is 11.4 Å². The largest absolute Gasteiger partial charge is 0.462 e. The normalized spacial score (nSPS) is 10.5. The van der Waals surface area contributed by atoms with E-state index in [1.807, 2.05) is 0 Å². The number of halogens is 2. The molecule has 0 saturated carbocycles. The van der Waals surface area contributed by atoms with E-state index in [-0.39, 0.29) is 28.6 Å². The molecule has 0 bridgehead atoms. The van der Waals surface area contributed by atoms with Crippen molar-refractivity contribution in [2.24, 2.45) is 0 Å². The van der Waals surface area contributed by atoms with Crippen LogP contribution >= 0.6 is 23.2 Å². The Bertz CT molecular complexity index is 858. The second-order valence-corrected chi connectivity index (χ2v) is 5.68. The summed E-state index contributed by atoms with van der Waals surface area (Å²) in [4.78, 5) is 36.0. The average Bonchev–Trinajstić information content (AvgIpc) is 2.56. The van der Waals surface area contributed by atoms with Gasteiger partial charge < -0.3 is 9.30 Å². The van der Waals surface area contributed by atoms with Gasteiger partial charge in [-0.2, -0.15) is 0 Å². The predicted molar refractivity (Wildman–Crippen MR) is 93.2 cm³/mol. The van der Waals surface area contributed by atoms with Gasteiger partial charge in [0.2, 0.25) is 0 Å². The fourth-order valence-electron chi connectivity index (χ4n) is 2.45. The summed E-state index contributed by atoms with van der Waals surface area (Å²) in [5.41, 5.74) is 0.222. The van der Waals surface area contributed by atoms with Crippen molar-refractivity contribution in [2.75, 3.05) is 6.61 Å². The van der Waals surface area contributed by atoms with Crippen molar-refractivity contribution in [1.29, 1.82) is 0 Å². The molecule has 0 radical (unpaired) electrons. The first-order valence-electron chi connectivity index (χ1n) is 7.30. The van der Waals surface area contributed by atoms with E-state index in [1.165, 1.54) is 0 Å². The van der Waals surface area contributed by atoms with Gasteiger partial charge in [-0.05, 0) is 26.0 Å². The number of nitrogens with zero attached hydrogens (tertiary/aromatic N) is 1. The molecule has 1 aromatic heterocycles. The quantitative estimate of drug-likeness (QED) is 0.594. The Morgan fingerprint density at radius 1 is 1.21 bits per heavy atom. The van der Waals surface area contributed by atoms with Crippen LogP contribution in [0.25, 0.3) is 11.3 Å². The van der Waals surface area contributed by atoms with Crippen LogP contribution in [0.4, 0.5) is 0 Å². The Hall–Kier alpha value is -2.11. The third kappa shape index (κ3) is 3.37. The maximum Gasteiger partial charge on any atom is 0.344 e. The van der Waals surface area contributed by atoms with Gasteiger partial charge in [0.25, 0.3) is 0 Å². The van der Waals surface area contributed by atoms with E-state index in [0.717, 1.165) is 6.07 Å². The van der Waals surface area contributed by atoms with Crippen LogP contribution in [0, 0.1) is 0 Å². The zero-order chi connectivity index (χ0) is 17.9. The minimum Gasteiger partial charge on any atom is -0.462 e. The highest BCUT2D eigenvalue weighted by atomic mass is 35.5. The summed E-state index contributed by atoms with van der Waals surface area (Å²) in [6.07, 6.45) is 0.570. The van der Waals surface area contributed by atoms with Crippen molar-refractivity contribution in [1.82, 2.24) is 4.57 Å². The topological polar surface area (TPSA) is 65.4 Å². The molecule has 1 aromatic carbocycles. The minimum atomic E-state index is -0.747. The number of hydrogen-bond donors (Lipinski definition) is 0. The highest BCUT2D eigenvalue weighted by Gasteiger charge is 2.23. The molecule has 2 rings (SSSR count). The second kappa shape index (κ2) is 7.64. The number of esters is 1. The van der Waals surface area contributed by atoms with Crippen molar-refractivity contribution < 1.29 is 14.3 Å². The third-order valence-corrected chi connectivity index (χ3v) is 4.19. The second-order valence-electron chi connectivity index (χ2n) is 4.87. The predicted octanol–water partition coefficient (Wildman–Crippen LogP) is 3.83. The van der Waals surface area contributed by atoms with Gasteiger partial charge in [0.05, 0.1) is 28.0 Å². The Morgan fingerprint density at radius 2 is 1.92 bits per heavy atom. The van der Waals surface area contributed by atoms with E-state index in [4.69, 9.17) is 27.9 Å². The number of pyridine rings is 1. The summed E-state index contributed by atoms with van der Waals surface area (Å²) in [5.74, 6) is -0.747. The number of aromatic nitrogens is 1. The van der Waals surface area contributed by atoms with Gasteiger partial charge in [-0.3, -0.25) is 9.59 Å². The number of hydrogen-bond acceptors (Lipinski definition) is 4. The molecule has 7 heteroatoms. The van der Waals surface area contributed by atoms with Gasteiger partial charge in [0, 0.05) is 18.2 Å². The molecule has 24 heavy (non-hydrogen) atoms. The monoisotopic (exact) mass is 367 g/mol. The van der Waals surface area contributed by atoms with Crippen LogP contribution in [0.15, 0.2) is 29.1 Å². The summed E-state index contributed by atoms with van der Waals surface area (Å²) < 4.78 is 6.57. The molecule has 1 heterocycles. The lowest BCUT2D eigenvalue weighted by Crippen LogP contribution is -2.24. The van der Waals surface area contributed by atoms with Crippen molar-refractivity contribution in [2.45, 2.75) is 20.4 Å².